The van der Waals surface area contributed by atoms with Gasteiger partial charge in [-0.15, -0.1) is 0 Å². The number of hydrogen-bond donors (Lipinski definition) is 1. The number of likely N-dealkylation sites (N-methyl/N-ethyl adjacent to an activating group) is 1. The Bertz CT molecular complexity index is 1360. The van der Waals surface area contributed by atoms with Crippen molar-refractivity contribution in [3.63, 3.8) is 0 Å². The number of hydrogen-bond acceptors (Lipinski definition) is 12. The summed E-state index contributed by atoms with van der Waals surface area (Å²) in [6, 6.07) is 9.01. The molecule has 1 aromatic rings. The molecule has 4 aliphatic heterocycles. The highest BCUT2D eigenvalue weighted by Gasteiger charge is 2.58. The van der Waals surface area contributed by atoms with Gasteiger partial charge in [0.15, 0.2) is 23.4 Å². The molecule has 280 valence electrons. The van der Waals surface area contributed by atoms with E-state index in [4.69, 9.17) is 33.3 Å². The third kappa shape index (κ3) is 7.82. The van der Waals surface area contributed by atoms with Crippen molar-refractivity contribution in [1.82, 2.24) is 4.90 Å². The fraction of sp³-hybridized carbons (Fsp3) is 0.763. The average Bonchev–Trinajstić information content (AvgIpc) is 3.34. The number of aliphatic hydroxyl groups excluding tert-OH is 1. The Morgan fingerprint density at radius 3 is 2.36 bits per heavy atom. The summed E-state index contributed by atoms with van der Waals surface area (Å²) in [6.07, 6.45) is -3.42. The number of aliphatic hydroxyl groups is 1. The summed E-state index contributed by atoms with van der Waals surface area (Å²) >= 11 is 0. The quantitative estimate of drug-likeness (QED) is 0.334. The molecule has 0 radical (unpaired) electrons. The van der Waals surface area contributed by atoms with Crippen LogP contribution in [0.3, 0.4) is 0 Å². The topological polar surface area (TPSA) is 135 Å². The van der Waals surface area contributed by atoms with Crippen LogP contribution in [0, 0.1) is 23.7 Å². The molecule has 12 nitrogen and oxygen atoms in total. The Hall–Kier alpha value is -2.45. The third-order valence-electron chi connectivity index (χ3n) is 11.4. The number of nitrogens with zero attached hydrogens (tertiary/aromatic N) is 2. The van der Waals surface area contributed by atoms with Crippen molar-refractivity contribution in [1.29, 1.82) is 0 Å². The lowest BCUT2D eigenvalue weighted by Crippen LogP contribution is -2.59. The van der Waals surface area contributed by atoms with Gasteiger partial charge in [-0.1, -0.05) is 51.0 Å². The zero-order chi connectivity index (χ0) is 36.5. The highest BCUT2D eigenvalue weighted by molar-refractivity contribution is 5.92. The van der Waals surface area contributed by atoms with E-state index in [1.807, 2.05) is 71.8 Å². The van der Waals surface area contributed by atoms with Crippen molar-refractivity contribution in [3.8, 4) is 5.75 Å². The second-order valence-corrected chi connectivity index (χ2v) is 15.6. The van der Waals surface area contributed by atoms with E-state index in [2.05, 4.69) is 12.1 Å². The second-order valence-electron chi connectivity index (χ2n) is 15.6. The summed E-state index contributed by atoms with van der Waals surface area (Å²) in [5.41, 5.74) is -1.88. The number of carbonyl (C=O) groups excluding carboxylic acids is 2. The molecule has 14 atom stereocenters. The number of Topliss-reactive ketones (excluding diaryl/α,β-unsaturated/α-hetero) is 1. The fourth-order valence-corrected chi connectivity index (χ4v) is 8.55. The van der Waals surface area contributed by atoms with Gasteiger partial charge in [0.2, 0.25) is 0 Å². The molecule has 1 N–H and O–H groups in total. The van der Waals surface area contributed by atoms with Gasteiger partial charge in [-0.25, -0.2) is 0 Å². The highest BCUT2D eigenvalue weighted by atomic mass is 16.7. The highest BCUT2D eigenvalue weighted by Crippen LogP contribution is 2.45. The van der Waals surface area contributed by atoms with E-state index in [9.17, 15) is 14.7 Å². The summed E-state index contributed by atoms with van der Waals surface area (Å²) in [4.78, 5) is 35.7. The molecule has 4 saturated heterocycles. The number of ether oxygens (including phenoxy) is 6. The van der Waals surface area contributed by atoms with E-state index in [0.717, 1.165) is 0 Å². The second kappa shape index (κ2) is 15.7. The molecule has 3 unspecified atom stereocenters. The Kier molecular flexibility index (Phi) is 12.1. The summed E-state index contributed by atoms with van der Waals surface area (Å²) in [7, 11) is 3.86. The van der Waals surface area contributed by atoms with Crippen LogP contribution < -0.4 is 4.84 Å². The summed E-state index contributed by atoms with van der Waals surface area (Å²) < 4.78 is 39.5. The van der Waals surface area contributed by atoms with Gasteiger partial charge in [0.25, 0.3) is 0 Å². The number of benzene rings is 1. The molecule has 12 heteroatoms. The minimum absolute atomic E-state index is 0.0241. The first-order valence-corrected chi connectivity index (χ1v) is 18.2. The third-order valence-corrected chi connectivity index (χ3v) is 11.4. The zero-order valence-corrected chi connectivity index (χ0v) is 31.4. The molecule has 50 heavy (non-hydrogen) atoms. The van der Waals surface area contributed by atoms with Crippen LogP contribution in [0.5, 0.6) is 5.75 Å². The lowest BCUT2D eigenvalue weighted by Gasteiger charge is -2.48. The summed E-state index contributed by atoms with van der Waals surface area (Å²) in [5.74, 6) is -1.95. The molecular formula is C38H58N2O10. The normalized spacial score (nSPS) is 44.0. The van der Waals surface area contributed by atoms with Crippen LogP contribution >= 0.6 is 0 Å². The van der Waals surface area contributed by atoms with Crippen LogP contribution in [0.1, 0.15) is 74.7 Å². The molecule has 4 bridgehead atoms. The molecule has 0 aliphatic carbocycles. The van der Waals surface area contributed by atoms with Crippen LogP contribution in [0.25, 0.3) is 0 Å². The van der Waals surface area contributed by atoms with Gasteiger partial charge in [0.1, 0.15) is 17.9 Å². The Balaban J connectivity index is 1.61. The summed E-state index contributed by atoms with van der Waals surface area (Å²) in [5, 5.41) is 16.0. The van der Waals surface area contributed by atoms with Crippen LogP contribution in [0.2, 0.25) is 0 Å². The maximum absolute atomic E-state index is 14.1. The molecule has 4 heterocycles. The number of oxime groups is 1. The van der Waals surface area contributed by atoms with Crippen LogP contribution in [-0.2, 0) is 38.0 Å². The van der Waals surface area contributed by atoms with Gasteiger partial charge in [-0.3, -0.25) is 9.59 Å². The molecule has 5 rings (SSSR count). The van der Waals surface area contributed by atoms with E-state index in [1.54, 1.807) is 26.0 Å². The fourth-order valence-electron chi connectivity index (χ4n) is 8.55. The maximum Gasteiger partial charge on any atom is 0.311 e. The first-order valence-electron chi connectivity index (χ1n) is 18.2. The number of rotatable bonds is 6. The van der Waals surface area contributed by atoms with E-state index in [1.165, 1.54) is 0 Å². The Labute approximate surface area is 297 Å². The molecule has 0 spiro atoms. The summed E-state index contributed by atoms with van der Waals surface area (Å²) in [6.45, 7) is 15.3. The van der Waals surface area contributed by atoms with Crippen molar-refractivity contribution >= 4 is 17.5 Å². The number of esters is 1. The standard InChI is InChI=1S/C38H58N2O10/c1-11-29-38(8)33(42)23(4)31(49-38)21(2)18-37(7)34(48-36-30(41)28(40(9)10)17-22(3)46-36)24(5)32(25(6)35(43)47-29)44-19-26(20-45-37)39-50-27-15-13-12-14-16-27/h12-16,21-25,28-32,34,36,41H,11,17-20H2,1-10H3/b39-26+/t21-,22-,23?,24-,25-,28+,29-,30-,31?,32+,34-,36+,37+,38?/m1/s1. The predicted octanol–water partition coefficient (Wildman–Crippen LogP) is 4.40. The zero-order valence-electron chi connectivity index (χ0n) is 31.4. The smallest absolute Gasteiger partial charge is 0.311 e. The molecule has 1 aromatic carbocycles. The van der Waals surface area contributed by atoms with E-state index in [0.29, 0.717) is 30.7 Å². The van der Waals surface area contributed by atoms with E-state index < -0.39 is 71.7 Å². The molecule has 4 fully saturated rings. The largest absolute Gasteiger partial charge is 0.459 e. The van der Waals surface area contributed by atoms with Gasteiger partial charge in [-0.2, -0.15) is 0 Å². The first-order chi connectivity index (χ1) is 23.6. The van der Waals surface area contributed by atoms with Crippen molar-refractivity contribution in [2.45, 2.75) is 135 Å². The van der Waals surface area contributed by atoms with Crippen LogP contribution in [0.4, 0.5) is 0 Å². The van der Waals surface area contributed by atoms with E-state index in [-0.39, 0.29) is 37.1 Å². The predicted molar refractivity (Wildman–Crippen MR) is 186 cm³/mol. The number of cyclic esters (lactones) is 1. The number of carbonyl (C=O) groups is 2. The molecule has 0 aromatic heterocycles. The first kappa shape index (κ1) is 38.8. The van der Waals surface area contributed by atoms with E-state index >= 15 is 0 Å². The van der Waals surface area contributed by atoms with Crippen molar-refractivity contribution in [2.24, 2.45) is 28.8 Å². The lowest BCUT2D eigenvalue weighted by molar-refractivity contribution is -0.302. The Morgan fingerprint density at radius 1 is 1.00 bits per heavy atom. The van der Waals surface area contributed by atoms with Crippen molar-refractivity contribution < 1.29 is 48.0 Å². The van der Waals surface area contributed by atoms with Gasteiger partial charge in [-0.05, 0) is 79.1 Å². The van der Waals surface area contributed by atoms with Gasteiger partial charge < -0.3 is 43.3 Å². The molecule has 0 amide bonds. The number of para-hydroxylation sites is 1. The number of fused-ring (bicyclic) bond motifs is 5. The molecular weight excluding hydrogens is 644 g/mol. The molecule has 0 saturated carbocycles. The van der Waals surface area contributed by atoms with Gasteiger partial charge >= 0.3 is 5.97 Å². The monoisotopic (exact) mass is 702 g/mol. The minimum atomic E-state index is -1.30. The SMILES string of the molecule is CC[C@H]1OC(=O)[C@H](C)[C@H]2OC/C(=N\Oc3ccccc3)CO[C@@](C)(C[C@@H](C)C3OC1(C)C(=O)C3C)[C@H](O[C@@H]1O[C@H](C)C[C@H](N(C)C)[C@H]1O)[C@@H]2C. The molecule has 4 aliphatic rings. The van der Waals surface area contributed by atoms with Gasteiger partial charge in [0.05, 0.1) is 49.1 Å². The lowest BCUT2D eigenvalue weighted by atomic mass is 9.75. The van der Waals surface area contributed by atoms with Crippen molar-refractivity contribution in [2.75, 3.05) is 27.3 Å². The Morgan fingerprint density at radius 2 is 1.70 bits per heavy atom. The minimum Gasteiger partial charge on any atom is -0.459 e. The average molecular weight is 703 g/mol. The maximum atomic E-state index is 14.1. The number of ketones is 1. The van der Waals surface area contributed by atoms with Crippen LogP contribution in [0.15, 0.2) is 35.5 Å². The van der Waals surface area contributed by atoms with Crippen molar-refractivity contribution in [3.05, 3.63) is 30.3 Å². The van der Waals surface area contributed by atoms with Crippen LogP contribution in [-0.4, -0.2) is 115 Å². The van der Waals surface area contributed by atoms with Gasteiger partial charge in [0, 0.05) is 17.9 Å².